The largest absolute Gasteiger partial charge is 0.481 e. The number of pyridine rings is 1. The Labute approximate surface area is 117 Å². The van der Waals surface area contributed by atoms with Crippen molar-refractivity contribution in [2.75, 3.05) is 0 Å². The number of H-pyrrole nitrogens is 1. The van der Waals surface area contributed by atoms with Gasteiger partial charge in [0, 0.05) is 11.6 Å². The highest BCUT2D eigenvalue weighted by Crippen LogP contribution is 2.43. The first-order valence-electron chi connectivity index (χ1n) is 7.14. The third-order valence-electron chi connectivity index (χ3n) is 4.41. The number of nitrogens with one attached hydrogen (secondary N) is 1. The fourth-order valence-corrected chi connectivity index (χ4v) is 3.23. The van der Waals surface area contributed by atoms with Gasteiger partial charge in [-0.2, -0.15) is 0 Å². The summed E-state index contributed by atoms with van der Waals surface area (Å²) in [5.74, 6) is 0.189. The minimum Gasteiger partial charge on any atom is -0.481 e. The molecule has 2 heterocycles. The summed E-state index contributed by atoms with van der Waals surface area (Å²) in [5, 5.41) is 9.42. The molecule has 0 radical (unpaired) electrons. The van der Waals surface area contributed by atoms with Gasteiger partial charge in [-0.25, -0.2) is 9.97 Å². The number of fused-ring (bicyclic) bond motifs is 1. The number of aryl methyl sites for hydroxylation is 1. The molecule has 2 N–H and O–H groups in total. The van der Waals surface area contributed by atoms with Crippen molar-refractivity contribution < 1.29 is 9.90 Å². The minimum absolute atomic E-state index is 0.0213. The summed E-state index contributed by atoms with van der Waals surface area (Å²) < 4.78 is 0. The maximum absolute atomic E-state index is 11.5. The zero-order valence-corrected chi connectivity index (χ0v) is 11.8. The standard InChI is InChI=1S/C15H19N3O2/c1-3-9-6-10(11(7-9)15(19)20)13-17-12-5-4-8(2)16-14(12)18-13/h4-5,9-11H,3,6-7H2,1-2H3,(H,19,20)(H,16,17,18). The topological polar surface area (TPSA) is 78.9 Å². The van der Waals surface area contributed by atoms with E-state index in [0.717, 1.165) is 36.3 Å². The van der Waals surface area contributed by atoms with Crippen LogP contribution in [0.25, 0.3) is 11.2 Å². The monoisotopic (exact) mass is 273 g/mol. The van der Waals surface area contributed by atoms with Crippen LogP contribution in [-0.2, 0) is 4.79 Å². The second-order valence-corrected chi connectivity index (χ2v) is 5.74. The highest BCUT2D eigenvalue weighted by Gasteiger charge is 2.40. The van der Waals surface area contributed by atoms with Crippen molar-refractivity contribution in [1.29, 1.82) is 0 Å². The molecule has 5 nitrogen and oxygen atoms in total. The van der Waals surface area contributed by atoms with Crippen LogP contribution in [0, 0.1) is 18.8 Å². The molecule has 2 aromatic rings. The molecule has 0 aliphatic heterocycles. The molecule has 0 spiro atoms. The van der Waals surface area contributed by atoms with E-state index in [1.807, 2.05) is 19.1 Å². The van der Waals surface area contributed by atoms with Crippen LogP contribution < -0.4 is 0 Å². The Morgan fingerprint density at radius 3 is 2.90 bits per heavy atom. The summed E-state index contributed by atoms with van der Waals surface area (Å²) in [6, 6.07) is 3.89. The summed E-state index contributed by atoms with van der Waals surface area (Å²) in [6.45, 7) is 4.05. The molecule has 1 aliphatic rings. The van der Waals surface area contributed by atoms with E-state index in [4.69, 9.17) is 0 Å². The lowest BCUT2D eigenvalue weighted by molar-refractivity contribution is -0.142. The van der Waals surface area contributed by atoms with Gasteiger partial charge in [0.1, 0.15) is 5.82 Å². The van der Waals surface area contributed by atoms with Crippen molar-refractivity contribution in [1.82, 2.24) is 15.0 Å². The number of aromatic nitrogens is 3. The first kappa shape index (κ1) is 13.1. The number of imidazole rings is 1. The Morgan fingerprint density at radius 1 is 1.40 bits per heavy atom. The fraction of sp³-hybridized carbons (Fsp3) is 0.533. The predicted octanol–water partition coefficient (Wildman–Crippen LogP) is 2.87. The highest BCUT2D eigenvalue weighted by atomic mass is 16.4. The van der Waals surface area contributed by atoms with E-state index >= 15 is 0 Å². The Morgan fingerprint density at radius 2 is 2.20 bits per heavy atom. The summed E-state index contributed by atoms with van der Waals surface area (Å²) in [4.78, 5) is 23.6. The summed E-state index contributed by atoms with van der Waals surface area (Å²) >= 11 is 0. The molecule has 5 heteroatoms. The maximum Gasteiger partial charge on any atom is 0.307 e. The van der Waals surface area contributed by atoms with Crippen LogP contribution in [-0.4, -0.2) is 26.0 Å². The molecule has 3 rings (SSSR count). The molecule has 1 fully saturated rings. The van der Waals surface area contributed by atoms with Crippen molar-refractivity contribution in [2.45, 2.75) is 39.0 Å². The Kier molecular flexibility index (Phi) is 3.20. The van der Waals surface area contributed by atoms with Crippen molar-refractivity contribution in [3.8, 4) is 0 Å². The van der Waals surface area contributed by atoms with Crippen LogP contribution in [0.2, 0.25) is 0 Å². The number of hydrogen-bond acceptors (Lipinski definition) is 3. The zero-order valence-electron chi connectivity index (χ0n) is 11.8. The van der Waals surface area contributed by atoms with E-state index in [1.54, 1.807) is 0 Å². The number of nitrogens with zero attached hydrogens (tertiary/aromatic N) is 2. The molecule has 20 heavy (non-hydrogen) atoms. The van der Waals surface area contributed by atoms with E-state index in [9.17, 15) is 9.90 Å². The third kappa shape index (κ3) is 2.17. The highest BCUT2D eigenvalue weighted by molar-refractivity contribution is 5.73. The van der Waals surface area contributed by atoms with Gasteiger partial charge >= 0.3 is 5.97 Å². The van der Waals surface area contributed by atoms with Crippen molar-refractivity contribution in [3.63, 3.8) is 0 Å². The van der Waals surface area contributed by atoms with Crippen molar-refractivity contribution in [3.05, 3.63) is 23.7 Å². The van der Waals surface area contributed by atoms with Gasteiger partial charge in [0.2, 0.25) is 0 Å². The van der Waals surface area contributed by atoms with Gasteiger partial charge in [0.25, 0.3) is 0 Å². The first-order chi connectivity index (χ1) is 9.58. The van der Waals surface area contributed by atoms with Gasteiger partial charge in [-0.15, -0.1) is 0 Å². The second kappa shape index (κ2) is 4.89. The number of hydrogen-bond donors (Lipinski definition) is 2. The Hall–Kier alpha value is -1.91. The van der Waals surface area contributed by atoms with Gasteiger partial charge in [-0.1, -0.05) is 13.3 Å². The van der Waals surface area contributed by atoms with Crippen molar-refractivity contribution in [2.24, 2.45) is 11.8 Å². The molecule has 0 aromatic carbocycles. The van der Waals surface area contributed by atoms with Gasteiger partial charge in [0.15, 0.2) is 5.65 Å². The van der Waals surface area contributed by atoms with Gasteiger partial charge in [-0.3, -0.25) is 4.79 Å². The molecule has 1 aliphatic carbocycles. The Balaban J connectivity index is 1.98. The molecule has 3 unspecified atom stereocenters. The maximum atomic E-state index is 11.5. The van der Waals surface area contributed by atoms with Crippen LogP contribution in [0.15, 0.2) is 12.1 Å². The molecular weight excluding hydrogens is 254 g/mol. The fourth-order valence-electron chi connectivity index (χ4n) is 3.23. The SMILES string of the molecule is CCC1CC(C(=O)O)C(c2nc3nc(C)ccc3[nH]2)C1. The predicted molar refractivity (Wildman–Crippen MR) is 75.5 cm³/mol. The van der Waals surface area contributed by atoms with Gasteiger partial charge in [0.05, 0.1) is 11.4 Å². The Bertz CT molecular complexity index is 650. The number of carboxylic acids is 1. The average Bonchev–Trinajstić information content (AvgIpc) is 3.00. The number of aromatic amines is 1. The lowest BCUT2D eigenvalue weighted by Crippen LogP contribution is -2.17. The normalized spacial score (nSPS) is 26.2. The van der Waals surface area contributed by atoms with E-state index in [0.29, 0.717) is 11.6 Å². The molecule has 2 aromatic heterocycles. The van der Waals surface area contributed by atoms with Crippen LogP contribution in [0.5, 0.6) is 0 Å². The van der Waals surface area contributed by atoms with Gasteiger partial charge < -0.3 is 10.1 Å². The molecule has 1 saturated carbocycles. The van der Waals surface area contributed by atoms with E-state index in [-0.39, 0.29) is 11.8 Å². The minimum atomic E-state index is -0.712. The lowest BCUT2D eigenvalue weighted by Gasteiger charge is -2.12. The molecule has 0 amide bonds. The van der Waals surface area contributed by atoms with Crippen LogP contribution in [0.1, 0.15) is 43.6 Å². The average molecular weight is 273 g/mol. The second-order valence-electron chi connectivity index (χ2n) is 5.74. The number of rotatable bonds is 3. The molecular formula is C15H19N3O2. The molecule has 106 valence electrons. The van der Waals surface area contributed by atoms with Gasteiger partial charge in [-0.05, 0) is 37.8 Å². The number of carbonyl (C=O) groups is 1. The summed E-state index contributed by atoms with van der Waals surface area (Å²) in [6.07, 6.45) is 2.67. The first-order valence-corrected chi connectivity index (χ1v) is 7.14. The molecule has 3 atom stereocenters. The zero-order chi connectivity index (χ0) is 14.3. The van der Waals surface area contributed by atoms with E-state index in [1.165, 1.54) is 0 Å². The summed E-state index contributed by atoms with van der Waals surface area (Å²) in [7, 11) is 0. The molecule has 0 bridgehead atoms. The molecule has 0 saturated heterocycles. The number of aliphatic carboxylic acids is 1. The van der Waals surface area contributed by atoms with Crippen LogP contribution in [0.3, 0.4) is 0 Å². The van der Waals surface area contributed by atoms with Crippen molar-refractivity contribution >= 4 is 17.1 Å². The van der Waals surface area contributed by atoms with Crippen LogP contribution >= 0.6 is 0 Å². The summed E-state index contributed by atoms with van der Waals surface area (Å²) in [5.41, 5.74) is 2.49. The number of carboxylic acid groups (broad SMARTS) is 1. The lowest BCUT2D eigenvalue weighted by atomic mass is 9.96. The smallest absolute Gasteiger partial charge is 0.307 e. The van der Waals surface area contributed by atoms with E-state index in [2.05, 4.69) is 21.9 Å². The third-order valence-corrected chi connectivity index (χ3v) is 4.41. The van der Waals surface area contributed by atoms with E-state index < -0.39 is 5.97 Å². The van der Waals surface area contributed by atoms with Crippen LogP contribution in [0.4, 0.5) is 0 Å². The quantitative estimate of drug-likeness (QED) is 0.901.